The molecule has 0 atom stereocenters. The van der Waals surface area contributed by atoms with Gasteiger partial charge in [0.1, 0.15) is 0 Å². The highest BCUT2D eigenvalue weighted by Gasteiger charge is 2.08. The van der Waals surface area contributed by atoms with E-state index in [1.54, 1.807) is 0 Å². The van der Waals surface area contributed by atoms with E-state index < -0.39 is 0 Å². The quantitative estimate of drug-likeness (QED) is 0.494. The smallest absolute Gasteiger partial charge is 0.220 e. The molecule has 8 nitrogen and oxygen atoms in total. The van der Waals surface area contributed by atoms with Crippen molar-refractivity contribution in [1.29, 1.82) is 0 Å². The number of carbonyl (C=O) groups is 4. The summed E-state index contributed by atoms with van der Waals surface area (Å²) in [6.45, 7) is 2.31. The van der Waals surface area contributed by atoms with Crippen LogP contribution in [0.2, 0.25) is 0 Å². The van der Waals surface area contributed by atoms with E-state index in [1.807, 2.05) is 0 Å². The number of amides is 4. The Morgan fingerprint density at radius 2 is 0.615 bits per heavy atom. The summed E-state index contributed by atoms with van der Waals surface area (Å²) in [6.07, 6.45) is 5.91. The number of hydrogen-bond acceptors (Lipinski definition) is 4. The number of nitrogens with one attached hydrogen (secondary N) is 4. The Hall–Kier alpha value is -2.12. The van der Waals surface area contributed by atoms with Gasteiger partial charge >= 0.3 is 0 Å². The van der Waals surface area contributed by atoms with Crippen LogP contribution in [0.4, 0.5) is 0 Å². The molecule has 1 heterocycles. The number of carbonyl (C=O) groups excluding carboxylic acids is 4. The average Bonchev–Trinajstić information content (AvgIpc) is 2.62. The van der Waals surface area contributed by atoms with E-state index in [9.17, 15) is 19.2 Å². The van der Waals surface area contributed by atoms with Crippen molar-refractivity contribution in [1.82, 2.24) is 21.3 Å². The van der Waals surface area contributed by atoms with Gasteiger partial charge in [-0.25, -0.2) is 0 Å². The zero-order chi connectivity index (χ0) is 19.0. The molecule has 1 rings (SSSR count). The summed E-state index contributed by atoms with van der Waals surface area (Å²) in [4.78, 5) is 46.7. The van der Waals surface area contributed by atoms with Crippen LogP contribution in [0.15, 0.2) is 0 Å². The second kappa shape index (κ2) is 14.1. The van der Waals surface area contributed by atoms with Crippen molar-refractivity contribution < 1.29 is 19.2 Å². The maximum Gasteiger partial charge on any atom is 0.220 e. The molecule has 0 radical (unpaired) electrons. The van der Waals surface area contributed by atoms with Gasteiger partial charge in [0.05, 0.1) is 0 Å². The zero-order valence-corrected chi connectivity index (χ0v) is 15.5. The Labute approximate surface area is 155 Å². The van der Waals surface area contributed by atoms with Crippen molar-refractivity contribution in [3.05, 3.63) is 0 Å². The summed E-state index contributed by atoms with van der Waals surface area (Å²) < 4.78 is 0. The fourth-order valence-electron chi connectivity index (χ4n) is 2.57. The molecule has 1 aliphatic rings. The topological polar surface area (TPSA) is 116 Å². The van der Waals surface area contributed by atoms with E-state index in [2.05, 4.69) is 21.3 Å². The molecule has 1 saturated heterocycles. The molecule has 26 heavy (non-hydrogen) atoms. The standard InChI is InChI=1S/C18H32N4O4/c23-15-7-9-17(25)21-13-5-2-6-14-22-18(26)10-8-16(24)20-12-4-1-3-11-19-15/h1-14H2,(H,19,23)(H,20,24)(H,21,25)(H,22,26). The highest BCUT2D eigenvalue weighted by Crippen LogP contribution is 1.97. The van der Waals surface area contributed by atoms with Crippen LogP contribution in [0.3, 0.4) is 0 Å². The first-order valence-corrected chi connectivity index (χ1v) is 9.64. The molecule has 148 valence electrons. The minimum Gasteiger partial charge on any atom is -0.356 e. The van der Waals surface area contributed by atoms with Gasteiger partial charge in [-0.05, 0) is 38.5 Å². The van der Waals surface area contributed by atoms with Crippen LogP contribution >= 0.6 is 0 Å². The van der Waals surface area contributed by atoms with Crippen molar-refractivity contribution in [2.45, 2.75) is 64.2 Å². The summed E-state index contributed by atoms with van der Waals surface area (Å²) in [5.41, 5.74) is 0. The lowest BCUT2D eigenvalue weighted by atomic mass is 10.2. The van der Waals surface area contributed by atoms with Gasteiger partial charge < -0.3 is 21.3 Å². The molecule has 4 amide bonds. The van der Waals surface area contributed by atoms with Crippen LogP contribution in [0.5, 0.6) is 0 Å². The zero-order valence-electron chi connectivity index (χ0n) is 15.5. The van der Waals surface area contributed by atoms with E-state index in [4.69, 9.17) is 0 Å². The van der Waals surface area contributed by atoms with Crippen molar-refractivity contribution >= 4 is 23.6 Å². The summed E-state index contributed by atoms with van der Waals surface area (Å²) >= 11 is 0. The molecule has 0 bridgehead atoms. The highest BCUT2D eigenvalue weighted by atomic mass is 16.2. The molecule has 0 aromatic heterocycles. The predicted molar refractivity (Wildman–Crippen MR) is 98.2 cm³/mol. The third kappa shape index (κ3) is 12.3. The van der Waals surface area contributed by atoms with Gasteiger partial charge in [-0.15, -0.1) is 0 Å². The Morgan fingerprint density at radius 3 is 0.846 bits per heavy atom. The van der Waals surface area contributed by atoms with Gasteiger partial charge in [0.25, 0.3) is 0 Å². The lowest BCUT2D eigenvalue weighted by Gasteiger charge is -2.09. The monoisotopic (exact) mass is 368 g/mol. The van der Waals surface area contributed by atoms with Crippen LogP contribution in [0.25, 0.3) is 0 Å². The fourth-order valence-corrected chi connectivity index (χ4v) is 2.57. The number of rotatable bonds is 0. The third-order valence-corrected chi connectivity index (χ3v) is 4.15. The van der Waals surface area contributed by atoms with Crippen LogP contribution < -0.4 is 21.3 Å². The first-order valence-electron chi connectivity index (χ1n) is 9.64. The Kier molecular flexibility index (Phi) is 11.9. The maximum atomic E-state index is 11.7. The molecular weight excluding hydrogens is 336 g/mol. The molecule has 1 aliphatic heterocycles. The molecule has 4 N–H and O–H groups in total. The summed E-state index contributed by atoms with van der Waals surface area (Å²) in [7, 11) is 0. The average molecular weight is 368 g/mol. The summed E-state index contributed by atoms with van der Waals surface area (Å²) in [5, 5.41) is 11.2. The molecule has 0 spiro atoms. The first-order chi connectivity index (χ1) is 12.6. The van der Waals surface area contributed by atoms with Crippen molar-refractivity contribution in [3.63, 3.8) is 0 Å². The molecule has 0 saturated carbocycles. The van der Waals surface area contributed by atoms with Crippen LogP contribution in [-0.2, 0) is 19.2 Å². The van der Waals surface area contributed by atoms with Gasteiger partial charge in [-0.2, -0.15) is 0 Å². The number of hydrogen-bond donors (Lipinski definition) is 4. The maximum absolute atomic E-state index is 11.7. The van der Waals surface area contributed by atoms with E-state index in [0.29, 0.717) is 26.2 Å². The second-order valence-corrected chi connectivity index (χ2v) is 6.52. The van der Waals surface area contributed by atoms with Gasteiger partial charge in [0.2, 0.25) is 23.6 Å². The Bertz CT molecular complexity index is 386. The van der Waals surface area contributed by atoms with Crippen molar-refractivity contribution in [2.24, 2.45) is 0 Å². The van der Waals surface area contributed by atoms with Gasteiger partial charge in [0, 0.05) is 51.9 Å². The van der Waals surface area contributed by atoms with E-state index >= 15 is 0 Å². The van der Waals surface area contributed by atoms with Crippen LogP contribution in [-0.4, -0.2) is 49.8 Å². The first kappa shape index (κ1) is 21.9. The minimum absolute atomic E-state index is 0.105. The summed E-state index contributed by atoms with van der Waals surface area (Å²) in [5.74, 6) is -0.421. The molecule has 0 aliphatic carbocycles. The van der Waals surface area contributed by atoms with Crippen molar-refractivity contribution in [2.75, 3.05) is 26.2 Å². The van der Waals surface area contributed by atoms with Crippen LogP contribution in [0, 0.1) is 0 Å². The van der Waals surface area contributed by atoms with Crippen molar-refractivity contribution in [3.8, 4) is 0 Å². The van der Waals surface area contributed by atoms with Crippen LogP contribution in [0.1, 0.15) is 64.2 Å². The Morgan fingerprint density at radius 1 is 0.385 bits per heavy atom. The Balaban J connectivity index is 2.32. The molecule has 0 aromatic rings. The molecule has 8 heteroatoms. The molecule has 0 aromatic carbocycles. The van der Waals surface area contributed by atoms with Gasteiger partial charge in [-0.1, -0.05) is 0 Å². The van der Waals surface area contributed by atoms with E-state index in [0.717, 1.165) is 38.5 Å². The normalized spacial score (nSPS) is 21.2. The predicted octanol–water partition coefficient (Wildman–Crippen LogP) is 0.366. The molecule has 0 unspecified atom stereocenters. The molecular formula is C18H32N4O4. The molecule has 1 fully saturated rings. The third-order valence-electron chi connectivity index (χ3n) is 4.15. The fraction of sp³-hybridized carbons (Fsp3) is 0.778. The SMILES string of the molecule is O=C1CCC(=O)NCCCCCNC(=O)CCC(=O)NCCCCCN1. The van der Waals surface area contributed by atoms with E-state index in [-0.39, 0.29) is 49.3 Å². The van der Waals surface area contributed by atoms with Gasteiger partial charge in [0.15, 0.2) is 0 Å². The lowest BCUT2D eigenvalue weighted by molar-refractivity contribution is -0.126. The second-order valence-electron chi connectivity index (χ2n) is 6.52. The largest absolute Gasteiger partial charge is 0.356 e. The highest BCUT2D eigenvalue weighted by molar-refractivity contribution is 5.84. The van der Waals surface area contributed by atoms with Gasteiger partial charge in [-0.3, -0.25) is 19.2 Å². The summed E-state index contributed by atoms with van der Waals surface area (Å²) in [6, 6.07) is 0. The van der Waals surface area contributed by atoms with E-state index in [1.165, 1.54) is 0 Å². The minimum atomic E-state index is -0.105. The lowest BCUT2D eigenvalue weighted by Crippen LogP contribution is -2.30.